The second-order valence-corrected chi connectivity index (χ2v) is 9.05. The molecule has 0 N–H and O–H groups in total. The van der Waals surface area contributed by atoms with Gasteiger partial charge in [0, 0.05) is 31.0 Å². The number of fused-ring (bicyclic) bond motifs is 1. The number of nitrogens with zero attached hydrogens (tertiary/aromatic N) is 4. The molecular formula is C20H20F2N4O5S. The van der Waals surface area contributed by atoms with E-state index in [1.54, 1.807) is 18.2 Å². The minimum Gasteiger partial charge on any atom is -0.473 e. The molecule has 170 valence electrons. The summed E-state index contributed by atoms with van der Waals surface area (Å²) in [7, 11) is -3.33. The number of halogens is 2. The van der Waals surface area contributed by atoms with Crippen LogP contribution < -0.4 is 9.47 Å². The lowest BCUT2D eigenvalue weighted by molar-refractivity contribution is -0.0498. The maximum atomic E-state index is 12.4. The van der Waals surface area contributed by atoms with Gasteiger partial charge in [-0.2, -0.15) is 13.1 Å². The molecule has 9 nitrogen and oxygen atoms in total. The van der Waals surface area contributed by atoms with Crippen molar-refractivity contribution in [1.82, 2.24) is 19.3 Å². The number of sulfonamides is 1. The Kier molecular flexibility index (Phi) is 6.44. The average Bonchev–Trinajstić information content (AvgIpc) is 2.77. The highest BCUT2D eigenvalue weighted by Crippen LogP contribution is 2.28. The van der Waals surface area contributed by atoms with E-state index in [1.165, 1.54) is 28.8 Å². The minimum atomic E-state index is -3.33. The Morgan fingerprint density at radius 1 is 1.22 bits per heavy atom. The molecule has 0 radical (unpaired) electrons. The molecule has 0 amide bonds. The second-order valence-electron chi connectivity index (χ2n) is 7.06. The van der Waals surface area contributed by atoms with E-state index in [0.29, 0.717) is 28.8 Å². The van der Waals surface area contributed by atoms with Crippen molar-refractivity contribution in [3.63, 3.8) is 0 Å². The summed E-state index contributed by atoms with van der Waals surface area (Å²) in [6, 6.07) is 7.74. The van der Waals surface area contributed by atoms with E-state index in [1.807, 2.05) is 0 Å². The third kappa shape index (κ3) is 5.26. The first-order valence-corrected chi connectivity index (χ1v) is 11.5. The summed E-state index contributed by atoms with van der Waals surface area (Å²) in [5.74, 6) is 0.240. The van der Waals surface area contributed by atoms with E-state index >= 15 is 0 Å². The molecule has 1 unspecified atom stereocenters. The first kappa shape index (κ1) is 22.2. The second kappa shape index (κ2) is 9.27. The zero-order valence-electron chi connectivity index (χ0n) is 17.0. The lowest BCUT2D eigenvalue weighted by Crippen LogP contribution is -2.47. The molecule has 1 aliphatic rings. The van der Waals surface area contributed by atoms with Gasteiger partial charge in [0.2, 0.25) is 15.9 Å². The van der Waals surface area contributed by atoms with Gasteiger partial charge in [-0.25, -0.2) is 18.4 Å². The molecule has 0 aliphatic carbocycles. The van der Waals surface area contributed by atoms with Gasteiger partial charge >= 0.3 is 6.61 Å². The van der Waals surface area contributed by atoms with Crippen LogP contribution in [0, 0.1) is 0 Å². The maximum absolute atomic E-state index is 12.4. The van der Waals surface area contributed by atoms with Gasteiger partial charge < -0.3 is 14.2 Å². The third-order valence-corrected chi connectivity index (χ3v) is 6.05. The van der Waals surface area contributed by atoms with Crippen molar-refractivity contribution in [2.24, 2.45) is 0 Å². The standard InChI is InChI=1S/C20H20F2N4O5S/c1-32(27,28)26-8-9-29-15(11-26)12-30-19-18-17(23-6-7-24-18)10-16(25-19)13-2-4-14(5-3-13)31-20(21)22/h2-7,10,15,20H,8-9,11-12H2,1H3. The van der Waals surface area contributed by atoms with Crippen molar-refractivity contribution in [2.75, 3.05) is 32.6 Å². The largest absolute Gasteiger partial charge is 0.473 e. The number of pyridine rings is 1. The number of morpholine rings is 1. The quantitative estimate of drug-likeness (QED) is 0.523. The Balaban J connectivity index is 1.57. The molecule has 12 heteroatoms. The number of alkyl halides is 2. The highest BCUT2D eigenvalue weighted by atomic mass is 32.2. The van der Waals surface area contributed by atoms with Crippen LogP contribution in [0.1, 0.15) is 0 Å². The van der Waals surface area contributed by atoms with Crippen LogP contribution in [0.5, 0.6) is 11.6 Å². The van der Waals surface area contributed by atoms with Crippen molar-refractivity contribution in [2.45, 2.75) is 12.7 Å². The molecule has 0 bridgehead atoms. The summed E-state index contributed by atoms with van der Waals surface area (Å²) in [6.45, 7) is -2.11. The Morgan fingerprint density at radius 3 is 2.69 bits per heavy atom. The van der Waals surface area contributed by atoms with Crippen molar-refractivity contribution in [3.05, 3.63) is 42.7 Å². The van der Waals surface area contributed by atoms with Crippen molar-refractivity contribution in [3.8, 4) is 22.9 Å². The molecule has 1 atom stereocenters. The first-order chi connectivity index (χ1) is 15.3. The Morgan fingerprint density at radius 2 is 1.97 bits per heavy atom. The van der Waals surface area contributed by atoms with E-state index in [0.717, 1.165) is 6.26 Å². The van der Waals surface area contributed by atoms with Gasteiger partial charge in [0.1, 0.15) is 18.5 Å². The van der Waals surface area contributed by atoms with Gasteiger partial charge in [0.25, 0.3) is 0 Å². The van der Waals surface area contributed by atoms with Crippen LogP contribution >= 0.6 is 0 Å². The highest BCUT2D eigenvalue weighted by molar-refractivity contribution is 7.88. The molecule has 0 saturated carbocycles. The van der Waals surface area contributed by atoms with Crippen LogP contribution in [0.4, 0.5) is 8.78 Å². The molecule has 3 heterocycles. The van der Waals surface area contributed by atoms with Crippen LogP contribution in [0.25, 0.3) is 22.3 Å². The number of benzene rings is 1. The number of aromatic nitrogens is 3. The van der Waals surface area contributed by atoms with Crippen molar-refractivity contribution in [1.29, 1.82) is 0 Å². The lowest BCUT2D eigenvalue weighted by atomic mass is 10.1. The van der Waals surface area contributed by atoms with Gasteiger partial charge in [-0.3, -0.25) is 4.98 Å². The molecule has 1 aliphatic heterocycles. The van der Waals surface area contributed by atoms with Crippen molar-refractivity contribution < 1.29 is 31.4 Å². The van der Waals surface area contributed by atoms with E-state index in [2.05, 4.69) is 19.7 Å². The fourth-order valence-electron chi connectivity index (χ4n) is 3.27. The van der Waals surface area contributed by atoms with E-state index < -0.39 is 22.7 Å². The molecule has 4 rings (SSSR count). The fourth-order valence-corrected chi connectivity index (χ4v) is 4.11. The molecule has 0 spiro atoms. The summed E-state index contributed by atoms with van der Waals surface area (Å²) in [6.07, 6.45) is 3.72. The van der Waals surface area contributed by atoms with E-state index in [9.17, 15) is 17.2 Å². The molecule has 1 fully saturated rings. The van der Waals surface area contributed by atoms with Gasteiger partial charge in [-0.05, 0) is 30.3 Å². The average molecular weight is 466 g/mol. The molecule has 3 aromatic rings. The fraction of sp³-hybridized carbons (Fsp3) is 0.350. The van der Waals surface area contributed by atoms with Gasteiger partial charge in [-0.15, -0.1) is 0 Å². The van der Waals surface area contributed by atoms with Gasteiger partial charge in [0.05, 0.1) is 24.1 Å². The maximum Gasteiger partial charge on any atom is 0.387 e. The van der Waals surface area contributed by atoms with Crippen LogP contribution in [0.15, 0.2) is 42.7 Å². The van der Waals surface area contributed by atoms with Crippen LogP contribution in [-0.2, 0) is 14.8 Å². The SMILES string of the molecule is CS(=O)(=O)N1CCOC(COc2nc(-c3ccc(OC(F)F)cc3)cc3nccnc23)C1. The zero-order chi connectivity index (χ0) is 22.7. The van der Waals surface area contributed by atoms with Crippen molar-refractivity contribution >= 4 is 21.1 Å². The number of ether oxygens (including phenoxy) is 3. The molecule has 2 aromatic heterocycles. The number of hydrogen-bond acceptors (Lipinski definition) is 8. The highest BCUT2D eigenvalue weighted by Gasteiger charge is 2.27. The van der Waals surface area contributed by atoms with Crippen LogP contribution in [0.2, 0.25) is 0 Å². The normalized spacial score (nSPS) is 17.6. The predicted octanol–water partition coefficient (Wildman–Crippen LogP) is 2.33. The van der Waals surface area contributed by atoms with E-state index in [4.69, 9.17) is 9.47 Å². The Labute approximate surface area is 183 Å². The topological polar surface area (TPSA) is 104 Å². The van der Waals surface area contributed by atoms with E-state index in [-0.39, 0.29) is 31.4 Å². The summed E-state index contributed by atoms with van der Waals surface area (Å²) in [4.78, 5) is 13.1. The monoisotopic (exact) mass is 466 g/mol. The molecule has 32 heavy (non-hydrogen) atoms. The summed E-state index contributed by atoms with van der Waals surface area (Å²) in [5, 5.41) is 0. The molecular weight excluding hydrogens is 446 g/mol. The van der Waals surface area contributed by atoms with Crippen LogP contribution in [0.3, 0.4) is 0 Å². The summed E-state index contributed by atoms with van der Waals surface area (Å²) < 4.78 is 65.6. The first-order valence-electron chi connectivity index (χ1n) is 9.66. The number of hydrogen-bond donors (Lipinski definition) is 0. The third-order valence-electron chi connectivity index (χ3n) is 4.78. The summed E-state index contributed by atoms with van der Waals surface area (Å²) in [5.41, 5.74) is 2.10. The Hall–Kier alpha value is -2.96. The van der Waals surface area contributed by atoms with Gasteiger partial charge in [-0.1, -0.05) is 0 Å². The van der Waals surface area contributed by atoms with Crippen LogP contribution in [-0.4, -0.2) is 72.9 Å². The summed E-state index contributed by atoms with van der Waals surface area (Å²) >= 11 is 0. The molecule has 1 aromatic carbocycles. The zero-order valence-corrected chi connectivity index (χ0v) is 17.8. The smallest absolute Gasteiger partial charge is 0.387 e. The predicted molar refractivity (Wildman–Crippen MR) is 111 cm³/mol. The minimum absolute atomic E-state index is 0.0330. The number of rotatable bonds is 7. The Bertz CT molecular complexity index is 1190. The lowest BCUT2D eigenvalue weighted by Gasteiger charge is -2.30. The molecule has 1 saturated heterocycles. The van der Waals surface area contributed by atoms with Gasteiger partial charge in [0.15, 0.2) is 5.52 Å².